The first-order valence-corrected chi connectivity index (χ1v) is 8.35. The molecular weight excluding hydrogens is 316 g/mol. The van der Waals surface area contributed by atoms with E-state index in [1.165, 1.54) is 6.08 Å². The van der Waals surface area contributed by atoms with Gasteiger partial charge in [0.25, 0.3) is 0 Å². The van der Waals surface area contributed by atoms with E-state index < -0.39 is 5.97 Å². The van der Waals surface area contributed by atoms with Gasteiger partial charge in [-0.2, -0.15) is 0 Å². The van der Waals surface area contributed by atoms with Crippen LogP contribution >= 0.6 is 0 Å². The zero-order chi connectivity index (χ0) is 17.8. The fourth-order valence-electron chi connectivity index (χ4n) is 2.99. The number of aromatic nitrogens is 1. The molecule has 1 aromatic heterocycles. The number of carboxylic acid groups (broad SMARTS) is 1. The number of carbonyl (C=O) groups excluding carboxylic acids is 1. The molecule has 1 heterocycles. The van der Waals surface area contributed by atoms with Crippen molar-refractivity contribution in [3.8, 4) is 0 Å². The number of amides is 1. The number of nitrogens with one attached hydrogen (secondary N) is 1. The van der Waals surface area contributed by atoms with E-state index in [9.17, 15) is 14.7 Å². The third-order valence-electron chi connectivity index (χ3n) is 4.28. The van der Waals surface area contributed by atoms with Crippen LogP contribution in [0.1, 0.15) is 36.9 Å². The molecule has 128 valence electrons. The van der Waals surface area contributed by atoms with Crippen LogP contribution in [-0.4, -0.2) is 22.0 Å². The van der Waals surface area contributed by atoms with Gasteiger partial charge < -0.3 is 10.4 Å². The Kier molecular flexibility index (Phi) is 4.93. The summed E-state index contributed by atoms with van der Waals surface area (Å²) in [6.45, 7) is 1.95. The zero-order valence-corrected chi connectivity index (χ0v) is 14.1. The molecule has 1 aliphatic carbocycles. The van der Waals surface area contributed by atoms with E-state index in [-0.39, 0.29) is 5.91 Å². The quantitative estimate of drug-likeness (QED) is 0.836. The van der Waals surface area contributed by atoms with Crippen LogP contribution in [0.4, 0.5) is 0 Å². The second kappa shape index (κ2) is 7.30. The molecule has 2 aromatic rings. The molecule has 1 aromatic carbocycles. The van der Waals surface area contributed by atoms with Crippen molar-refractivity contribution in [2.45, 2.75) is 32.6 Å². The number of hydrogen-bond donors (Lipinski definition) is 2. The van der Waals surface area contributed by atoms with E-state index in [2.05, 4.69) is 10.3 Å². The molecule has 0 spiro atoms. The molecule has 0 radical (unpaired) electrons. The highest BCUT2D eigenvalue weighted by molar-refractivity contribution is 5.95. The molecule has 3 rings (SSSR count). The van der Waals surface area contributed by atoms with Gasteiger partial charge in [-0.1, -0.05) is 12.1 Å². The number of hydrogen-bond acceptors (Lipinski definition) is 3. The molecule has 2 N–H and O–H groups in total. The first-order valence-electron chi connectivity index (χ1n) is 8.35. The van der Waals surface area contributed by atoms with Gasteiger partial charge in [-0.3, -0.25) is 9.78 Å². The lowest BCUT2D eigenvalue weighted by atomic mass is 9.96. The number of aliphatic carboxylic acids is 1. The second-order valence-electron chi connectivity index (χ2n) is 6.20. The van der Waals surface area contributed by atoms with Gasteiger partial charge in [0, 0.05) is 22.9 Å². The third kappa shape index (κ3) is 4.12. The molecule has 0 saturated carbocycles. The normalized spacial score (nSPS) is 14.9. The van der Waals surface area contributed by atoms with Crippen LogP contribution in [0.25, 0.3) is 17.0 Å². The number of pyridine rings is 1. The fraction of sp³-hybridized carbons (Fsp3) is 0.250. The summed E-state index contributed by atoms with van der Waals surface area (Å²) >= 11 is 0. The summed E-state index contributed by atoms with van der Waals surface area (Å²) < 4.78 is 0. The van der Waals surface area contributed by atoms with Crippen molar-refractivity contribution in [2.24, 2.45) is 0 Å². The Morgan fingerprint density at radius 2 is 1.96 bits per heavy atom. The van der Waals surface area contributed by atoms with Crippen molar-refractivity contribution < 1.29 is 14.7 Å². The number of nitrogens with zero attached hydrogens (tertiary/aromatic N) is 1. The molecule has 25 heavy (non-hydrogen) atoms. The first kappa shape index (κ1) is 16.9. The number of rotatable bonds is 4. The summed E-state index contributed by atoms with van der Waals surface area (Å²) in [5.74, 6) is -1.26. The van der Waals surface area contributed by atoms with Gasteiger partial charge in [0.2, 0.25) is 5.91 Å². The Morgan fingerprint density at radius 1 is 1.16 bits per heavy atom. The molecule has 0 aliphatic heterocycles. The molecule has 1 amide bonds. The van der Waals surface area contributed by atoms with E-state index in [1.54, 1.807) is 6.08 Å². The SMILES string of the molecule is Cc1ccc2cc(/C=C/C(=O)NC3=C(C(=O)O)CCCC3)ccc2n1. The molecule has 0 saturated heterocycles. The van der Waals surface area contributed by atoms with Crippen LogP contribution in [0.2, 0.25) is 0 Å². The van der Waals surface area contributed by atoms with Crippen molar-refractivity contribution in [1.82, 2.24) is 10.3 Å². The van der Waals surface area contributed by atoms with Gasteiger partial charge in [-0.25, -0.2) is 4.79 Å². The smallest absolute Gasteiger partial charge is 0.333 e. The van der Waals surface area contributed by atoms with E-state index in [1.807, 2.05) is 37.3 Å². The van der Waals surface area contributed by atoms with Crippen LogP contribution in [0.15, 0.2) is 47.7 Å². The van der Waals surface area contributed by atoms with Crippen LogP contribution in [0, 0.1) is 6.92 Å². The van der Waals surface area contributed by atoms with Crippen molar-refractivity contribution in [1.29, 1.82) is 0 Å². The lowest BCUT2D eigenvalue weighted by Crippen LogP contribution is -2.25. The molecule has 0 bridgehead atoms. The molecule has 1 aliphatic rings. The van der Waals surface area contributed by atoms with E-state index in [0.29, 0.717) is 24.1 Å². The average Bonchev–Trinajstić information content (AvgIpc) is 2.60. The minimum atomic E-state index is -0.948. The topological polar surface area (TPSA) is 79.3 Å². The molecular formula is C20H20N2O3. The molecule has 0 fully saturated rings. The van der Waals surface area contributed by atoms with E-state index >= 15 is 0 Å². The Hall–Kier alpha value is -2.95. The van der Waals surface area contributed by atoms with Gasteiger partial charge in [0.05, 0.1) is 11.1 Å². The van der Waals surface area contributed by atoms with Gasteiger partial charge in [0.15, 0.2) is 0 Å². The van der Waals surface area contributed by atoms with E-state index in [0.717, 1.165) is 35.0 Å². The van der Waals surface area contributed by atoms with Crippen molar-refractivity contribution in [3.05, 3.63) is 58.9 Å². The van der Waals surface area contributed by atoms with Gasteiger partial charge in [-0.15, -0.1) is 0 Å². The molecule has 5 heteroatoms. The van der Waals surface area contributed by atoms with Crippen molar-refractivity contribution in [3.63, 3.8) is 0 Å². The fourth-order valence-corrected chi connectivity index (χ4v) is 2.99. The summed E-state index contributed by atoms with van der Waals surface area (Å²) in [4.78, 5) is 27.8. The summed E-state index contributed by atoms with van der Waals surface area (Å²) in [6, 6.07) is 9.74. The Morgan fingerprint density at radius 3 is 2.76 bits per heavy atom. The zero-order valence-electron chi connectivity index (χ0n) is 14.1. The summed E-state index contributed by atoms with van der Waals surface area (Å²) in [5, 5.41) is 13.0. The number of allylic oxidation sites excluding steroid dienone is 1. The maximum atomic E-state index is 12.1. The standard InChI is InChI=1S/C20H20N2O3/c1-13-6-9-15-12-14(7-10-17(15)21-13)8-11-19(23)22-18-5-3-2-4-16(18)20(24)25/h6-12H,2-5H2,1H3,(H,22,23)(H,24,25)/b11-8+. The largest absolute Gasteiger partial charge is 0.478 e. The van der Waals surface area contributed by atoms with Crippen LogP contribution in [0.3, 0.4) is 0 Å². The van der Waals surface area contributed by atoms with Gasteiger partial charge >= 0.3 is 5.97 Å². The maximum Gasteiger partial charge on any atom is 0.333 e. The average molecular weight is 336 g/mol. The molecule has 0 atom stereocenters. The first-order chi connectivity index (χ1) is 12.0. The number of fused-ring (bicyclic) bond motifs is 1. The van der Waals surface area contributed by atoms with Crippen LogP contribution < -0.4 is 5.32 Å². The maximum absolute atomic E-state index is 12.1. The predicted molar refractivity (Wildman–Crippen MR) is 96.8 cm³/mol. The van der Waals surface area contributed by atoms with E-state index in [4.69, 9.17) is 0 Å². The molecule has 5 nitrogen and oxygen atoms in total. The van der Waals surface area contributed by atoms with Crippen molar-refractivity contribution >= 4 is 28.9 Å². The highest BCUT2D eigenvalue weighted by Gasteiger charge is 2.19. The lowest BCUT2D eigenvalue weighted by molar-refractivity contribution is -0.133. The van der Waals surface area contributed by atoms with Gasteiger partial charge in [0.1, 0.15) is 0 Å². The predicted octanol–water partition coefficient (Wildman–Crippen LogP) is 3.59. The van der Waals surface area contributed by atoms with Crippen LogP contribution in [0.5, 0.6) is 0 Å². The lowest BCUT2D eigenvalue weighted by Gasteiger charge is -2.17. The number of aryl methyl sites for hydroxylation is 1. The Balaban J connectivity index is 1.74. The Labute approximate surface area is 146 Å². The van der Waals surface area contributed by atoms with Crippen LogP contribution in [-0.2, 0) is 9.59 Å². The molecule has 0 unspecified atom stereocenters. The Bertz CT molecular complexity index is 897. The van der Waals surface area contributed by atoms with Crippen molar-refractivity contribution in [2.75, 3.05) is 0 Å². The monoisotopic (exact) mass is 336 g/mol. The number of carbonyl (C=O) groups is 2. The third-order valence-corrected chi connectivity index (χ3v) is 4.28. The van der Waals surface area contributed by atoms with Gasteiger partial charge in [-0.05, 0) is 62.4 Å². The highest BCUT2D eigenvalue weighted by Crippen LogP contribution is 2.23. The summed E-state index contributed by atoms with van der Waals surface area (Å²) in [7, 11) is 0. The summed E-state index contributed by atoms with van der Waals surface area (Å²) in [6.07, 6.45) is 6.00. The second-order valence-corrected chi connectivity index (χ2v) is 6.20. The minimum absolute atomic E-state index is 0.308. The number of benzene rings is 1. The minimum Gasteiger partial charge on any atom is -0.478 e. The summed E-state index contributed by atoms with van der Waals surface area (Å²) in [5.41, 5.74) is 3.63. The number of carboxylic acids is 1. The highest BCUT2D eigenvalue weighted by atomic mass is 16.4.